The summed E-state index contributed by atoms with van der Waals surface area (Å²) in [6.45, 7) is 8.55. The Morgan fingerprint density at radius 2 is 1.84 bits per heavy atom. The normalized spacial score (nSPS) is 30.7. The van der Waals surface area contributed by atoms with E-state index in [1.807, 2.05) is 9.80 Å². The molecule has 3 atom stereocenters. The first-order valence-electron chi connectivity index (χ1n) is 12.7. The summed E-state index contributed by atoms with van der Waals surface area (Å²) in [6.07, 6.45) is 11.0. The number of likely N-dealkylation sites (tertiary alicyclic amines) is 1. The number of hydrogen-bond donors (Lipinski definition) is 1. The number of nitrogens with one attached hydrogen (secondary N) is 1. The Labute approximate surface area is 187 Å². The topological polar surface area (TPSA) is 65.1 Å². The molecule has 3 unspecified atom stereocenters. The zero-order valence-electron chi connectivity index (χ0n) is 19.4. The summed E-state index contributed by atoms with van der Waals surface area (Å²) in [6, 6.07) is -0.0481. The highest BCUT2D eigenvalue weighted by atomic mass is 16.5. The van der Waals surface area contributed by atoms with Crippen LogP contribution in [-0.2, 0) is 14.3 Å². The van der Waals surface area contributed by atoms with Crippen LogP contribution in [0.3, 0.4) is 0 Å². The summed E-state index contributed by atoms with van der Waals surface area (Å²) in [5, 5.41) is 3.37. The van der Waals surface area contributed by atoms with Crippen molar-refractivity contribution in [2.24, 2.45) is 5.92 Å². The lowest BCUT2D eigenvalue weighted by Crippen LogP contribution is -2.48. The molecule has 0 spiro atoms. The first-order chi connectivity index (χ1) is 15.1. The molecule has 4 aliphatic rings. The van der Waals surface area contributed by atoms with E-state index in [4.69, 9.17) is 4.74 Å². The standard InChI is InChI=1S/C24H42N4O3/c1-19(29)28-17-21(15-23(28)24(30)26-12-6-10-25-11-13-26)27(18-22-9-5-14-31-22)16-20-7-3-2-4-8-20/h20-23,25H,2-18H2,1H3. The quantitative estimate of drug-likeness (QED) is 0.691. The summed E-state index contributed by atoms with van der Waals surface area (Å²) in [7, 11) is 0. The smallest absolute Gasteiger partial charge is 0.245 e. The third kappa shape index (κ3) is 5.99. The van der Waals surface area contributed by atoms with Crippen molar-refractivity contribution in [3.05, 3.63) is 0 Å². The molecule has 4 rings (SSSR count). The number of ether oxygens (including phenoxy) is 1. The molecule has 7 heteroatoms. The average molecular weight is 435 g/mol. The van der Waals surface area contributed by atoms with Crippen LogP contribution in [-0.4, -0.2) is 97.1 Å². The number of rotatable bonds is 6. The highest BCUT2D eigenvalue weighted by Crippen LogP contribution is 2.30. The number of amides is 2. The van der Waals surface area contributed by atoms with Gasteiger partial charge in [-0.1, -0.05) is 19.3 Å². The minimum Gasteiger partial charge on any atom is -0.377 e. The van der Waals surface area contributed by atoms with E-state index < -0.39 is 0 Å². The zero-order valence-corrected chi connectivity index (χ0v) is 19.4. The molecule has 3 heterocycles. The Hall–Kier alpha value is -1.18. The average Bonchev–Trinajstić information content (AvgIpc) is 3.37. The first kappa shape index (κ1) is 23.0. The Balaban J connectivity index is 1.46. The van der Waals surface area contributed by atoms with E-state index in [2.05, 4.69) is 10.2 Å². The van der Waals surface area contributed by atoms with Gasteiger partial charge < -0.3 is 19.9 Å². The summed E-state index contributed by atoms with van der Waals surface area (Å²) in [5.74, 6) is 0.923. The van der Waals surface area contributed by atoms with Gasteiger partial charge in [0.1, 0.15) is 6.04 Å². The van der Waals surface area contributed by atoms with Crippen molar-refractivity contribution in [1.29, 1.82) is 0 Å². The monoisotopic (exact) mass is 434 g/mol. The molecule has 0 aromatic rings. The van der Waals surface area contributed by atoms with Gasteiger partial charge in [-0.25, -0.2) is 0 Å². The molecule has 4 fully saturated rings. The van der Waals surface area contributed by atoms with Gasteiger partial charge in [-0.05, 0) is 51.0 Å². The fourth-order valence-corrected chi connectivity index (χ4v) is 6.06. The van der Waals surface area contributed by atoms with Crippen LogP contribution < -0.4 is 5.32 Å². The Morgan fingerprint density at radius 3 is 2.58 bits per heavy atom. The molecule has 2 amide bonds. The third-order valence-electron chi connectivity index (χ3n) is 7.82. The maximum absolute atomic E-state index is 13.4. The van der Waals surface area contributed by atoms with E-state index in [1.165, 1.54) is 32.1 Å². The molecule has 0 radical (unpaired) electrons. The summed E-state index contributed by atoms with van der Waals surface area (Å²) in [5.41, 5.74) is 0. The van der Waals surface area contributed by atoms with Crippen molar-refractivity contribution >= 4 is 11.8 Å². The number of carbonyl (C=O) groups is 2. The molecule has 176 valence electrons. The molecular weight excluding hydrogens is 392 g/mol. The Bertz CT molecular complexity index is 596. The van der Waals surface area contributed by atoms with Gasteiger partial charge in [-0.15, -0.1) is 0 Å². The van der Waals surface area contributed by atoms with Crippen molar-refractivity contribution < 1.29 is 14.3 Å². The second-order valence-electron chi connectivity index (χ2n) is 10.1. The third-order valence-corrected chi connectivity index (χ3v) is 7.82. The molecule has 7 nitrogen and oxygen atoms in total. The molecule has 3 saturated heterocycles. The minimum absolute atomic E-state index is 0.0310. The van der Waals surface area contributed by atoms with Crippen LogP contribution in [0.5, 0.6) is 0 Å². The number of carbonyl (C=O) groups excluding carboxylic acids is 2. The summed E-state index contributed by atoms with van der Waals surface area (Å²) >= 11 is 0. The zero-order chi connectivity index (χ0) is 21.6. The van der Waals surface area contributed by atoms with Gasteiger partial charge in [0.05, 0.1) is 6.10 Å². The first-order valence-corrected chi connectivity index (χ1v) is 12.7. The van der Waals surface area contributed by atoms with Gasteiger partial charge in [0.2, 0.25) is 11.8 Å². The van der Waals surface area contributed by atoms with Crippen LogP contribution in [0.4, 0.5) is 0 Å². The SMILES string of the molecule is CC(=O)N1CC(N(CC2CCCCC2)CC2CCCO2)CC1C(=O)N1CCCNCC1. The minimum atomic E-state index is -0.307. The lowest BCUT2D eigenvalue weighted by molar-refractivity contribution is -0.142. The van der Waals surface area contributed by atoms with E-state index in [1.54, 1.807) is 6.92 Å². The second kappa shape index (κ2) is 11.1. The fourth-order valence-electron chi connectivity index (χ4n) is 6.06. The van der Waals surface area contributed by atoms with E-state index in [0.29, 0.717) is 12.6 Å². The van der Waals surface area contributed by atoms with Crippen LogP contribution in [0, 0.1) is 5.92 Å². The van der Waals surface area contributed by atoms with E-state index in [0.717, 1.165) is 77.5 Å². The van der Waals surface area contributed by atoms with Crippen molar-refractivity contribution in [2.75, 3.05) is 52.4 Å². The largest absolute Gasteiger partial charge is 0.377 e. The molecule has 0 aromatic heterocycles. The van der Waals surface area contributed by atoms with Gasteiger partial charge in [0, 0.05) is 58.8 Å². The number of hydrogen-bond acceptors (Lipinski definition) is 5. The van der Waals surface area contributed by atoms with Crippen LogP contribution >= 0.6 is 0 Å². The molecule has 3 aliphatic heterocycles. The van der Waals surface area contributed by atoms with E-state index in [-0.39, 0.29) is 23.9 Å². The van der Waals surface area contributed by atoms with Crippen molar-refractivity contribution in [1.82, 2.24) is 20.0 Å². The lowest BCUT2D eigenvalue weighted by Gasteiger charge is -2.35. The molecule has 1 saturated carbocycles. The molecular formula is C24H42N4O3. The van der Waals surface area contributed by atoms with Gasteiger partial charge in [-0.3, -0.25) is 14.5 Å². The Kier molecular flexibility index (Phi) is 8.24. The number of nitrogens with zero attached hydrogens (tertiary/aromatic N) is 3. The maximum atomic E-state index is 13.4. The Morgan fingerprint density at radius 1 is 1.00 bits per heavy atom. The van der Waals surface area contributed by atoms with Crippen LogP contribution in [0.2, 0.25) is 0 Å². The van der Waals surface area contributed by atoms with Crippen LogP contribution in [0.25, 0.3) is 0 Å². The molecule has 0 bridgehead atoms. The van der Waals surface area contributed by atoms with Crippen molar-refractivity contribution in [3.63, 3.8) is 0 Å². The highest BCUT2D eigenvalue weighted by molar-refractivity contribution is 5.87. The van der Waals surface area contributed by atoms with E-state index >= 15 is 0 Å². The maximum Gasteiger partial charge on any atom is 0.245 e. The highest BCUT2D eigenvalue weighted by Gasteiger charge is 2.43. The van der Waals surface area contributed by atoms with Crippen molar-refractivity contribution in [2.45, 2.75) is 82.9 Å². The van der Waals surface area contributed by atoms with Crippen molar-refractivity contribution in [3.8, 4) is 0 Å². The molecule has 31 heavy (non-hydrogen) atoms. The second-order valence-corrected chi connectivity index (χ2v) is 10.1. The molecule has 0 aromatic carbocycles. The predicted molar refractivity (Wildman–Crippen MR) is 121 cm³/mol. The molecule has 1 aliphatic carbocycles. The fraction of sp³-hybridized carbons (Fsp3) is 0.917. The van der Waals surface area contributed by atoms with Gasteiger partial charge in [-0.2, -0.15) is 0 Å². The van der Waals surface area contributed by atoms with E-state index in [9.17, 15) is 9.59 Å². The van der Waals surface area contributed by atoms with Gasteiger partial charge in [0.25, 0.3) is 0 Å². The van der Waals surface area contributed by atoms with Gasteiger partial charge >= 0.3 is 0 Å². The molecule has 1 N–H and O–H groups in total. The summed E-state index contributed by atoms with van der Waals surface area (Å²) in [4.78, 5) is 32.4. The summed E-state index contributed by atoms with van der Waals surface area (Å²) < 4.78 is 5.99. The van der Waals surface area contributed by atoms with Crippen LogP contribution in [0.15, 0.2) is 0 Å². The van der Waals surface area contributed by atoms with Crippen LogP contribution in [0.1, 0.15) is 64.7 Å². The van der Waals surface area contributed by atoms with Gasteiger partial charge in [0.15, 0.2) is 0 Å². The predicted octanol–water partition coefficient (Wildman–Crippen LogP) is 1.86. The lowest BCUT2D eigenvalue weighted by atomic mass is 9.88.